The molecule has 1 aromatic carbocycles. The first kappa shape index (κ1) is 12.8. The number of nitrogens with one attached hydrogen (secondary N) is 1. The molecular weight excluding hydrogens is 236 g/mol. The van der Waals surface area contributed by atoms with E-state index < -0.39 is 0 Å². The first-order chi connectivity index (χ1) is 9.22. The minimum atomic E-state index is 0.663. The number of anilines is 1. The van der Waals surface area contributed by atoms with Crippen LogP contribution in [-0.2, 0) is 6.42 Å². The van der Waals surface area contributed by atoms with Gasteiger partial charge in [0.05, 0.1) is 6.61 Å². The number of fused-ring (bicyclic) bond motifs is 1. The molecule has 1 fully saturated rings. The minimum Gasteiger partial charge on any atom is -0.493 e. The van der Waals surface area contributed by atoms with Gasteiger partial charge < -0.3 is 15.0 Å². The lowest BCUT2D eigenvalue weighted by atomic mass is 10.1. The molecule has 1 aromatic rings. The predicted octanol–water partition coefficient (Wildman–Crippen LogP) is 2.76. The van der Waals surface area contributed by atoms with Gasteiger partial charge in [-0.3, -0.25) is 0 Å². The highest BCUT2D eigenvalue weighted by Crippen LogP contribution is 2.27. The Bertz CT molecular complexity index is 444. The van der Waals surface area contributed by atoms with E-state index in [1.807, 2.05) is 0 Å². The number of rotatable bonds is 4. The fraction of sp³-hybridized carbons (Fsp3) is 0.625. The van der Waals surface area contributed by atoms with E-state index in [-0.39, 0.29) is 0 Å². The molecule has 1 N–H and O–H groups in total. The number of nitrogens with zero attached hydrogens (tertiary/aromatic N) is 1. The summed E-state index contributed by atoms with van der Waals surface area (Å²) in [4.78, 5) is 2.54. The van der Waals surface area contributed by atoms with Gasteiger partial charge in [0.1, 0.15) is 5.75 Å². The van der Waals surface area contributed by atoms with Crippen molar-refractivity contribution in [1.29, 1.82) is 0 Å². The molecule has 2 aliphatic rings. The standard InChI is InChI=1S/C16H24N2O/c1-12(2)18-8-6-13(10-18)11-19-15-3-4-16-14(9-15)5-7-17-16/h3-4,9,12-13,17H,5-8,10-11H2,1-2H3. The van der Waals surface area contributed by atoms with Crippen LogP contribution in [0.4, 0.5) is 5.69 Å². The third-order valence-electron chi connectivity index (χ3n) is 4.32. The molecule has 0 amide bonds. The summed E-state index contributed by atoms with van der Waals surface area (Å²) in [5.41, 5.74) is 2.67. The predicted molar refractivity (Wildman–Crippen MR) is 78.9 cm³/mol. The van der Waals surface area contributed by atoms with Crippen LogP contribution in [0.1, 0.15) is 25.8 Å². The summed E-state index contributed by atoms with van der Waals surface area (Å²) in [5.74, 6) is 1.72. The largest absolute Gasteiger partial charge is 0.493 e. The molecule has 0 aromatic heterocycles. The molecule has 2 heterocycles. The second-order valence-electron chi connectivity index (χ2n) is 6.05. The third-order valence-corrected chi connectivity index (χ3v) is 4.32. The van der Waals surface area contributed by atoms with Crippen LogP contribution < -0.4 is 10.1 Å². The summed E-state index contributed by atoms with van der Waals surface area (Å²) >= 11 is 0. The molecule has 2 aliphatic heterocycles. The summed E-state index contributed by atoms with van der Waals surface area (Å²) in [6.07, 6.45) is 2.39. The minimum absolute atomic E-state index is 0.663. The molecule has 1 unspecified atom stereocenters. The van der Waals surface area contributed by atoms with Gasteiger partial charge in [-0.15, -0.1) is 0 Å². The normalized spacial score (nSPS) is 22.6. The van der Waals surface area contributed by atoms with Crippen LogP contribution in [0, 0.1) is 5.92 Å². The molecule has 3 heteroatoms. The van der Waals surface area contributed by atoms with Crippen molar-refractivity contribution in [2.45, 2.75) is 32.7 Å². The fourth-order valence-electron chi connectivity index (χ4n) is 3.05. The first-order valence-electron chi connectivity index (χ1n) is 7.46. The highest BCUT2D eigenvalue weighted by atomic mass is 16.5. The summed E-state index contributed by atoms with van der Waals surface area (Å²) in [7, 11) is 0. The fourth-order valence-corrected chi connectivity index (χ4v) is 3.05. The first-order valence-corrected chi connectivity index (χ1v) is 7.46. The van der Waals surface area contributed by atoms with Gasteiger partial charge in [0.25, 0.3) is 0 Å². The zero-order valence-electron chi connectivity index (χ0n) is 12.0. The Morgan fingerprint density at radius 1 is 1.42 bits per heavy atom. The molecule has 1 atom stereocenters. The van der Waals surface area contributed by atoms with Gasteiger partial charge in [0.2, 0.25) is 0 Å². The van der Waals surface area contributed by atoms with E-state index in [0.717, 1.165) is 25.3 Å². The number of ether oxygens (including phenoxy) is 1. The smallest absolute Gasteiger partial charge is 0.119 e. The van der Waals surface area contributed by atoms with Crippen LogP contribution in [-0.4, -0.2) is 37.2 Å². The second kappa shape index (κ2) is 5.41. The van der Waals surface area contributed by atoms with Gasteiger partial charge in [0.15, 0.2) is 0 Å². The highest BCUT2D eigenvalue weighted by Gasteiger charge is 2.24. The van der Waals surface area contributed by atoms with Crippen LogP contribution >= 0.6 is 0 Å². The zero-order valence-corrected chi connectivity index (χ0v) is 12.0. The Balaban J connectivity index is 1.53. The molecule has 0 saturated carbocycles. The molecule has 0 spiro atoms. The van der Waals surface area contributed by atoms with Gasteiger partial charge in [-0.1, -0.05) is 0 Å². The second-order valence-corrected chi connectivity index (χ2v) is 6.05. The lowest BCUT2D eigenvalue weighted by Crippen LogP contribution is -2.29. The maximum Gasteiger partial charge on any atom is 0.119 e. The lowest BCUT2D eigenvalue weighted by Gasteiger charge is -2.20. The monoisotopic (exact) mass is 260 g/mol. The van der Waals surface area contributed by atoms with Gasteiger partial charge in [-0.25, -0.2) is 0 Å². The van der Waals surface area contributed by atoms with E-state index in [1.165, 1.54) is 30.8 Å². The molecule has 104 valence electrons. The van der Waals surface area contributed by atoms with Crippen LogP contribution in [0.5, 0.6) is 5.75 Å². The Hall–Kier alpha value is -1.22. The van der Waals surface area contributed by atoms with Crippen LogP contribution in [0.25, 0.3) is 0 Å². The summed E-state index contributed by atoms with van der Waals surface area (Å²) < 4.78 is 5.99. The van der Waals surface area contributed by atoms with E-state index in [9.17, 15) is 0 Å². The quantitative estimate of drug-likeness (QED) is 0.901. The molecule has 3 nitrogen and oxygen atoms in total. The maximum atomic E-state index is 5.99. The maximum absolute atomic E-state index is 5.99. The van der Waals surface area contributed by atoms with Crippen LogP contribution in [0.15, 0.2) is 18.2 Å². The zero-order chi connectivity index (χ0) is 13.2. The number of benzene rings is 1. The highest BCUT2D eigenvalue weighted by molar-refractivity contribution is 5.57. The molecule has 1 saturated heterocycles. The molecule has 3 rings (SSSR count). The lowest BCUT2D eigenvalue weighted by molar-refractivity contribution is 0.223. The van der Waals surface area contributed by atoms with Crippen molar-refractivity contribution in [2.75, 3.05) is 31.6 Å². The van der Waals surface area contributed by atoms with Crippen molar-refractivity contribution in [3.05, 3.63) is 23.8 Å². The summed E-state index contributed by atoms with van der Waals surface area (Å²) in [6.45, 7) is 8.87. The van der Waals surface area contributed by atoms with Crippen molar-refractivity contribution in [3.63, 3.8) is 0 Å². The summed E-state index contributed by atoms with van der Waals surface area (Å²) in [5, 5.41) is 3.38. The van der Waals surface area contributed by atoms with Crippen molar-refractivity contribution in [1.82, 2.24) is 4.90 Å². The molecule has 0 radical (unpaired) electrons. The molecule has 0 bridgehead atoms. The Kier molecular flexibility index (Phi) is 3.65. The van der Waals surface area contributed by atoms with E-state index >= 15 is 0 Å². The molecule has 19 heavy (non-hydrogen) atoms. The topological polar surface area (TPSA) is 24.5 Å². The Morgan fingerprint density at radius 3 is 3.11 bits per heavy atom. The molecular formula is C16H24N2O. The number of hydrogen-bond donors (Lipinski definition) is 1. The van der Waals surface area contributed by atoms with E-state index in [1.54, 1.807) is 0 Å². The van der Waals surface area contributed by atoms with Crippen LogP contribution in [0.2, 0.25) is 0 Å². The van der Waals surface area contributed by atoms with Gasteiger partial charge in [0, 0.05) is 30.7 Å². The number of hydrogen-bond acceptors (Lipinski definition) is 3. The van der Waals surface area contributed by atoms with Crippen molar-refractivity contribution in [2.24, 2.45) is 5.92 Å². The Morgan fingerprint density at radius 2 is 2.32 bits per heavy atom. The van der Waals surface area contributed by atoms with Crippen molar-refractivity contribution >= 4 is 5.69 Å². The third kappa shape index (κ3) is 2.86. The van der Waals surface area contributed by atoms with E-state index in [2.05, 4.69) is 42.3 Å². The summed E-state index contributed by atoms with van der Waals surface area (Å²) in [6, 6.07) is 7.10. The van der Waals surface area contributed by atoms with Gasteiger partial charge >= 0.3 is 0 Å². The number of likely N-dealkylation sites (tertiary alicyclic amines) is 1. The van der Waals surface area contributed by atoms with Gasteiger partial charge in [-0.05, 0) is 57.0 Å². The van der Waals surface area contributed by atoms with Crippen molar-refractivity contribution < 1.29 is 4.74 Å². The molecule has 0 aliphatic carbocycles. The SMILES string of the molecule is CC(C)N1CCC(COc2ccc3c(c2)CCN3)C1. The average molecular weight is 260 g/mol. The average Bonchev–Trinajstić information content (AvgIpc) is 3.04. The van der Waals surface area contributed by atoms with Gasteiger partial charge in [-0.2, -0.15) is 0 Å². The van der Waals surface area contributed by atoms with Crippen LogP contribution in [0.3, 0.4) is 0 Å². The van der Waals surface area contributed by atoms with E-state index in [4.69, 9.17) is 4.74 Å². The van der Waals surface area contributed by atoms with E-state index in [0.29, 0.717) is 12.0 Å². The Labute approximate surface area is 115 Å². The van der Waals surface area contributed by atoms with Crippen molar-refractivity contribution in [3.8, 4) is 5.75 Å².